The molecule has 114 valence electrons. The zero-order valence-electron chi connectivity index (χ0n) is 12.3. The minimum Gasteiger partial charge on any atom is -0.480 e. The van der Waals surface area contributed by atoms with Crippen molar-refractivity contribution in [2.75, 3.05) is 11.9 Å². The molecule has 0 spiro atoms. The van der Waals surface area contributed by atoms with E-state index in [-0.39, 0.29) is 0 Å². The van der Waals surface area contributed by atoms with E-state index in [0.29, 0.717) is 12.3 Å². The number of para-hydroxylation sites is 2. The number of carbonyl (C=O) groups excluding carboxylic acids is 1. The lowest BCUT2D eigenvalue weighted by molar-refractivity contribution is -0.146. The Morgan fingerprint density at radius 3 is 2.67 bits per heavy atom. The summed E-state index contributed by atoms with van der Waals surface area (Å²) < 4.78 is 5.62. The summed E-state index contributed by atoms with van der Waals surface area (Å²) in [6.45, 7) is 5.60. The normalized spacial score (nSPS) is 18.7. The maximum atomic E-state index is 12.2. The third kappa shape index (κ3) is 3.45. The van der Waals surface area contributed by atoms with Crippen molar-refractivity contribution in [1.82, 2.24) is 5.32 Å². The third-order valence-corrected chi connectivity index (χ3v) is 3.33. The SMILES string of the molecule is CC(C)(C)[C@@H](NC(=O)C1CNc2ccccc2O1)C(=O)O. The number of carboxylic acids is 1. The van der Waals surface area contributed by atoms with E-state index in [4.69, 9.17) is 4.74 Å². The van der Waals surface area contributed by atoms with Gasteiger partial charge in [0.1, 0.15) is 11.8 Å². The molecule has 0 aromatic heterocycles. The fourth-order valence-corrected chi connectivity index (χ4v) is 2.14. The zero-order chi connectivity index (χ0) is 15.6. The summed E-state index contributed by atoms with van der Waals surface area (Å²) in [5.74, 6) is -0.897. The molecule has 0 bridgehead atoms. The van der Waals surface area contributed by atoms with E-state index in [0.717, 1.165) is 5.69 Å². The molecule has 3 N–H and O–H groups in total. The van der Waals surface area contributed by atoms with Crippen molar-refractivity contribution in [2.24, 2.45) is 5.41 Å². The summed E-state index contributed by atoms with van der Waals surface area (Å²) in [6.07, 6.45) is -0.746. The predicted molar refractivity (Wildman–Crippen MR) is 78.4 cm³/mol. The maximum Gasteiger partial charge on any atom is 0.326 e. The molecule has 0 fully saturated rings. The van der Waals surface area contributed by atoms with Crippen molar-refractivity contribution in [3.05, 3.63) is 24.3 Å². The summed E-state index contributed by atoms with van der Waals surface area (Å²) in [4.78, 5) is 23.5. The van der Waals surface area contributed by atoms with Crippen LogP contribution in [-0.4, -0.2) is 35.7 Å². The smallest absolute Gasteiger partial charge is 0.326 e. The van der Waals surface area contributed by atoms with Crippen LogP contribution in [0.5, 0.6) is 5.75 Å². The summed E-state index contributed by atoms with van der Waals surface area (Å²) in [5.41, 5.74) is 0.244. The molecule has 2 rings (SSSR count). The molecule has 1 aliphatic rings. The number of anilines is 1. The number of amides is 1. The Bertz CT molecular complexity index is 551. The molecule has 1 amide bonds. The first-order valence-corrected chi connectivity index (χ1v) is 6.82. The van der Waals surface area contributed by atoms with Crippen LogP contribution in [0.15, 0.2) is 24.3 Å². The average Bonchev–Trinajstić information content (AvgIpc) is 2.42. The van der Waals surface area contributed by atoms with E-state index in [2.05, 4.69) is 10.6 Å². The van der Waals surface area contributed by atoms with Crippen LogP contribution in [0.1, 0.15) is 20.8 Å². The number of nitrogens with one attached hydrogen (secondary N) is 2. The molecule has 0 saturated carbocycles. The number of aliphatic carboxylic acids is 1. The van der Waals surface area contributed by atoms with Crippen LogP contribution in [0.25, 0.3) is 0 Å². The van der Waals surface area contributed by atoms with Gasteiger partial charge in [-0.15, -0.1) is 0 Å². The first-order valence-electron chi connectivity index (χ1n) is 6.82. The van der Waals surface area contributed by atoms with Crippen LogP contribution in [0.4, 0.5) is 5.69 Å². The zero-order valence-corrected chi connectivity index (χ0v) is 12.3. The highest BCUT2D eigenvalue weighted by molar-refractivity contribution is 5.88. The van der Waals surface area contributed by atoms with Crippen molar-refractivity contribution in [2.45, 2.75) is 32.9 Å². The van der Waals surface area contributed by atoms with Gasteiger partial charge in [0.2, 0.25) is 0 Å². The van der Waals surface area contributed by atoms with Gasteiger partial charge in [-0.25, -0.2) is 4.79 Å². The first-order chi connectivity index (χ1) is 9.79. The van der Waals surface area contributed by atoms with Gasteiger partial charge in [-0.05, 0) is 17.5 Å². The highest BCUT2D eigenvalue weighted by Crippen LogP contribution is 2.28. The number of ether oxygens (including phenoxy) is 1. The van der Waals surface area contributed by atoms with Crippen LogP contribution in [-0.2, 0) is 9.59 Å². The topological polar surface area (TPSA) is 87.7 Å². The summed E-state index contributed by atoms with van der Waals surface area (Å²) >= 11 is 0. The average molecular weight is 292 g/mol. The van der Waals surface area contributed by atoms with E-state index in [1.807, 2.05) is 18.2 Å². The fourth-order valence-electron chi connectivity index (χ4n) is 2.14. The van der Waals surface area contributed by atoms with Gasteiger partial charge in [0.25, 0.3) is 5.91 Å². The molecule has 1 heterocycles. The van der Waals surface area contributed by atoms with Gasteiger partial charge >= 0.3 is 5.97 Å². The number of fused-ring (bicyclic) bond motifs is 1. The molecular formula is C15H20N2O4. The molecule has 0 radical (unpaired) electrons. The number of carboxylic acid groups (broad SMARTS) is 1. The molecule has 6 nitrogen and oxygen atoms in total. The fraction of sp³-hybridized carbons (Fsp3) is 0.467. The molecule has 21 heavy (non-hydrogen) atoms. The molecule has 1 aromatic carbocycles. The molecule has 0 saturated heterocycles. The molecular weight excluding hydrogens is 272 g/mol. The Morgan fingerprint density at radius 2 is 2.05 bits per heavy atom. The number of carbonyl (C=O) groups is 2. The second-order valence-corrected chi connectivity index (χ2v) is 6.13. The Morgan fingerprint density at radius 1 is 1.38 bits per heavy atom. The largest absolute Gasteiger partial charge is 0.480 e. The predicted octanol–water partition coefficient (Wildman–Crippen LogP) is 1.47. The summed E-state index contributed by atoms with van der Waals surface area (Å²) in [6, 6.07) is 6.34. The van der Waals surface area contributed by atoms with E-state index < -0.39 is 29.4 Å². The molecule has 0 aliphatic carbocycles. The summed E-state index contributed by atoms with van der Waals surface area (Å²) in [7, 11) is 0. The van der Waals surface area contributed by atoms with Gasteiger partial charge in [-0.3, -0.25) is 4.79 Å². The van der Waals surface area contributed by atoms with Gasteiger partial charge in [0.15, 0.2) is 6.10 Å². The molecule has 6 heteroatoms. The Kier molecular flexibility index (Phi) is 4.06. The number of benzene rings is 1. The van der Waals surface area contributed by atoms with Crippen LogP contribution >= 0.6 is 0 Å². The van der Waals surface area contributed by atoms with E-state index in [1.165, 1.54) is 0 Å². The molecule has 1 unspecified atom stereocenters. The second kappa shape index (κ2) is 5.63. The lowest BCUT2D eigenvalue weighted by Gasteiger charge is -2.31. The van der Waals surface area contributed by atoms with E-state index in [9.17, 15) is 14.7 Å². The maximum absolute atomic E-state index is 12.2. The minimum atomic E-state index is -1.06. The van der Waals surface area contributed by atoms with Gasteiger partial charge in [0.05, 0.1) is 12.2 Å². The standard InChI is InChI=1S/C15H20N2O4/c1-15(2,3)12(14(19)20)17-13(18)11-8-16-9-6-4-5-7-10(9)21-11/h4-7,11-12,16H,8H2,1-3H3,(H,17,18)(H,19,20)/t11?,12-/m0/s1. The van der Waals surface area contributed by atoms with Crippen molar-refractivity contribution in [3.63, 3.8) is 0 Å². The van der Waals surface area contributed by atoms with Crippen LogP contribution < -0.4 is 15.4 Å². The molecule has 2 atom stereocenters. The molecule has 1 aromatic rings. The Balaban J connectivity index is 2.06. The first kappa shape index (κ1) is 15.2. The van der Waals surface area contributed by atoms with Crippen LogP contribution in [0.3, 0.4) is 0 Å². The van der Waals surface area contributed by atoms with E-state index in [1.54, 1.807) is 26.8 Å². The highest BCUT2D eigenvalue weighted by atomic mass is 16.5. The van der Waals surface area contributed by atoms with E-state index >= 15 is 0 Å². The van der Waals surface area contributed by atoms with Crippen molar-refractivity contribution in [3.8, 4) is 5.75 Å². The third-order valence-electron chi connectivity index (χ3n) is 3.33. The van der Waals surface area contributed by atoms with Crippen LogP contribution in [0.2, 0.25) is 0 Å². The van der Waals surface area contributed by atoms with Crippen molar-refractivity contribution >= 4 is 17.6 Å². The lowest BCUT2D eigenvalue weighted by Crippen LogP contribution is -2.54. The minimum absolute atomic E-state index is 0.305. The van der Waals surface area contributed by atoms with Crippen molar-refractivity contribution in [1.29, 1.82) is 0 Å². The Hall–Kier alpha value is -2.24. The number of hydrogen-bond acceptors (Lipinski definition) is 4. The highest BCUT2D eigenvalue weighted by Gasteiger charge is 2.35. The van der Waals surface area contributed by atoms with Gasteiger partial charge in [-0.2, -0.15) is 0 Å². The van der Waals surface area contributed by atoms with Crippen molar-refractivity contribution < 1.29 is 19.4 Å². The van der Waals surface area contributed by atoms with Gasteiger partial charge < -0.3 is 20.5 Å². The second-order valence-electron chi connectivity index (χ2n) is 6.13. The summed E-state index contributed by atoms with van der Waals surface area (Å²) in [5, 5.41) is 14.9. The Labute approximate surface area is 123 Å². The van der Waals surface area contributed by atoms with Gasteiger partial charge in [0, 0.05) is 0 Å². The quantitative estimate of drug-likeness (QED) is 0.785. The van der Waals surface area contributed by atoms with Crippen LogP contribution in [0, 0.1) is 5.41 Å². The number of rotatable bonds is 3. The van der Waals surface area contributed by atoms with Gasteiger partial charge in [-0.1, -0.05) is 32.9 Å². The molecule has 1 aliphatic heterocycles. The number of hydrogen-bond donors (Lipinski definition) is 3. The monoisotopic (exact) mass is 292 g/mol. The lowest BCUT2D eigenvalue weighted by atomic mass is 9.86.